The van der Waals surface area contributed by atoms with Crippen molar-refractivity contribution >= 4 is 17.6 Å². The molecule has 4 heteroatoms. The molecule has 0 N–H and O–H groups in total. The fourth-order valence-electron chi connectivity index (χ4n) is 2.62. The molecule has 0 saturated heterocycles. The zero-order valence-corrected chi connectivity index (χ0v) is 15.2. The van der Waals surface area contributed by atoms with Crippen molar-refractivity contribution in [2.45, 2.75) is 20.8 Å². The number of methoxy groups -OCH3 is 2. The van der Waals surface area contributed by atoms with Crippen molar-refractivity contribution in [2.75, 3.05) is 32.2 Å². The number of hydrogen-bond donors (Lipinski definition) is 0. The lowest BCUT2D eigenvalue weighted by atomic mass is 10.1. The van der Waals surface area contributed by atoms with E-state index in [1.165, 1.54) is 5.69 Å². The second kappa shape index (κ2) is 8.39. The van der Waals surface area contributed by atoms with E-state index in [0.29, 0.717) is 5.75 Å². The van der Waals surface area contributed by atoms with Crippen molar-refractivity contribution in [1.82, 2.24) is 0 Å². The summed E-state index contributed by atoms with van der Waals surface area (Å²) in [5.41, 5.74) is 4.26. The fourth-order valence-corrected chi connectivity index (χ4v) is 2.62. The third-order valence-electron chi connectivity index (χ3n) is 4.10. The van der Waals surface area contributed by atoms with Crippen molar-refractivity contribution in [3.8, 4) is 11.5 Å². The van der Waals surface area contributed by atoms with E-state index < -0.39 is 0 Å². The van der Waals surface area contributed by atoms with E-state index in [0.717, 1.165) is 35.7 Å². The maximum absolute atomic E-state index is 5.36. The van der Waals surface area contributed by atoms with Crippen LogP contribution in [0.2, 0.25) is 0 Å². The second-order valence-corrected chi connectivity index (χ2v) is 5.51. The molecule has 0 saturated carbocycles. The molecule has 0 aliphatic rings. The largest absolute Gasteiger partial charge is 0.493 e. The molecule has 0 heterocycles. The minimum absolute atomic E-state index is 0.710. The number of aliphatic imine (C=N–C) groups is 1. The van der Waals surface area contributed by atoms with Crippen LogP contribution in [0.1, 0.15) is 25.0 Å². The van der Waals surface area contributed by atoms with Gasteiger partial charge in [-0.2, -0.15) is 0 Å². The van der Waals surface area contributed by atoms with Crippen molar-refractivity contribution in [3.05, 3.63) is 47.5 Å². The highest BCUT2D eigenvalue weighted by Gasteiger charge is 2.07. The van der Waals surface area contributed by atoms with Crippen LogP contribution in [0.25, 0.3) is 0 Å². The summed E-state index contributed by atoms with van der Waals surface area (Å²) >= 11 is 0. The van der Waals surface area contributed by atoms with E-state index in [2.05, 4.69) is 35.9 Å². The number of nitrogens with zero attached hydrogens (tertiary/aromatic N) is 2. The standard InChI is InChI=1S/C20H26N2O2/c1-6-22(7-2)18-10-8-17(9-11-18)21-14-16-13-20(24-5)19(23-4)12-15(16)3/h8-14H,6-7H2,1-5H3. The fraction of sp³-hybridized carbons (Fsp3) is 0.350. The Kier molecular flexibility index (Phi) is 6.24. The van der Waals surface area contributed by atoms with Crippen LogP contribution in [0.15, 0.2) is 41.4 Å². The Morgan fingerprint density at radius 3 is 2.08 bits per heavy atom. The van der Waals surface area contributed by atoms with Crippen molar-refractivity contribution in [2.24, 2.45) is 4.99 Å². The molecule has 0 fully saturated rings. The van der Waals surface area contributed by atoms with E-state index in [1.54, 1.807) is 14.2 Å². The van der Waals surface area contributed by atoms with Crippen LogP contribution in [-0.2, 0) is 0 Å². The Labute approximate surface area is 144 Å². The number of benzene rings is 2. The lowest BCUT2D eigenvalue weighted by Crippen LogP contribution is -2.21. The summed E-state index contributed by atoms with van der Waals surface area (Å²) in [6.45, 7) is 8.37. The summed E-state index contributed by atoms with van der Waals surface area (Å²) in [7, 11) is 3.28. The van der Waals surface area contributed by atoms with Crippen molar-refractivity contribution in [1.29, 1.82) is 0 Å². The summed E-state index contributed by atoms with van der Waals surface area (Å²) in [6, 6.07) is 12.2. The lowest BCUT2D eigenvalue weighted by molar-refractivity contribution is 0.354. The molecule has 24 heavy (non-hydrogen) atoms. The summed E-state index contributed by atoms with van der Waals surface area (Å²) in [5.74, 6) is 1.44. The highest BCUT2D eigenvalue weighted by atomic mass is 16.5. The Morgan fingerprint density at radius 1 is 0.958 bits per heavy atom. The molecule has 2 aromatic rings. The molecular weight excluding hydrogens is 300 g/mol. The number of ether oxygens (including phenoxy) is 2. The molecule has 128 valence electrons. The van der Waals surface area contributed by atoms with Gasteiger partial charge in [-0.05, 0) is 68.3 Å². The van der Waals surface area contributed by atoms with Gasteiger partial charge in [-0.25, -0.2) is 0 Å². The average molecular weight is 326 g/mol. The van der Waals surface area contributed by atoms with Gasteiger partial charge in [0.25, 0.3) is 0 Å². The molecule has 0 bridgehead atoms. The van der Waals surface area contributed by atoms with Crippen LogP contribution in [0.5, 0.6) is 11.5 Å². The minimum Gasteiger partial charge on any atom is -0.493 e. The second-order valence-electron chi connectivity index (χ2n) is 5.51. The Balaban J connectivity index is 2.22. The van der Waals surface area contributed by atoms with Gasteiger partial charge in [-0.3, -0.25) is 4.99 Å². The molecule has 0 unspecified atom stereocenters. The molecule has 0 atom stereocenters. The number of aryl methyl sites for hydroxylation is 1. The zero-order valence-electron chi connectivity index (χ0n) is 15.2. The van der Waals surface area contributed by atoms with Crippen molar-refractivity contribution in [3.63, 3.8) is 0 Å². The molecule has 0 aliphatic heterocycles. The molecule has 0 aliphatic carbocycles. The van der Waals surface area contributed by atoms with E-state index in [9.17, 15) is 0 Å². The number of rotatable bonds is 7. The smallest absolute Gasteiger partial charge is 0.161 e. The highest BCUT2D eigenvalue weighted by Crippen LogP contribution is 2.30. The van der Waals surface area contributed by atoms with E-state index in [1.807, 2.05) is 37.4 Å². The lowest BCUT2D eigenvalue weighted by Gasteiger charge is -2.20. The van der Waals surface area contributed by atoms with Crippen molar-refractivity contribution < 1.29 is 9.47 Å². The Bertz CT molecular complexity index is 690. The first-order valence-electron chi connectivity index (χ1n) is 8.24. The molecule has 0 spiro atoms. The van der Waals surface area contributed by atoms with Crippen LogP contribution in [0.3, 0.4) is 0 Å². The molecular formula is C20H26N2O2. The number of hydrogen-bond acceptors (Lipinski definition) is 4. The summed E-state index contributed by atoms with van der Waals surface area (Å²) in [5, 5.41) is 0. The molecule has 2 rings (SSSR count). The van der Waals surface area contributed by atoms with Gasteiger partial charge in [-0.1, -0.05) is 0 Å². The first-order chi connectivity index (χ1) is 11.6. The van der Waals surface area contributed by atoms with Gasteiger partial charge in [0.1, 0.15) is 0 Å². The highest BCUT2D eigenvalue weighted by molar-refractivity contribution is 5.85. The first kappa shape index (κ1) is 17.9. The van der Waals surface area contributed by atoms with Gasteiger partial charge in [0.05, 0.1) is 19.9 Å². The SMILES string of the molecule is CCN(CC)c1ccc(N=Cc2cc(OC)c(OC)cc2C)cc1. The van der Waals surface area contributed by atoms with E-state index in [4.69, 9.17) is 9.47 Å². The molecule has 0 radical (unpaired) electrons. The van der Waals surface area contributed by atoms with Gasteiger partial charge >= 0.3 is 0 Å². The van der Waals surface area contributed by atoms with Crippen LogP contribution in [-0.4, -0.2) is 33.5 Å². The van der Waals surface area contributed by atoms with Crippen LogP contribution >= 0.6 is 0 Å². The molecule has 2 aromatic carbocycles. The zero-order chi connectivity index (χ0) is 17.5. The van der Waals surface area contributed by atoms with Gasteiger partial charge in [0.2, 0.25) is 0 Å². The molecule has 0 aromatic heterocycles. The van der Waals surface area contributed by atoms with Gasteiger partial charge in [0, 0.05) is 25.0 Å². The van der Waals surface area contributed by atoms with E-state index in [-0.39, 0.29) is 0 Å². The summed E-state index contributed by atoms with van der Waals surface area (Å²) < 4.78 is 10.7. The first-order valence-corrected chi connectivity index (χ1v) is 8.24. The van der Waals surface area contributed by atoms with Gasteiger partial charge in [-0.15, -0.1) is 0 Å². The van der Waals surface area contributed by atoms with Crippen LogP contribution < -0.4 is 14.4 Å². The number of anilines is 1. The van der Waals surface area contributed by atoms with Gasteiger partial charge in [0.15, 0.2) is 11.5 Å². The molecule has 0 amide bonds. The van der Waals surface area contributed by atoms with Gasteiger partial charge < -0.3 is 14.4 Å². The Hall–Kier alpha value is -2.49. The maximum Gasteiger partial charge on any atom is 0.161 e. The maximum atomic E-state index is 5.36. The van der Waals surface area contributed by atoms with E-state index >= 15 is 0 Å². The quantitative estimate of drug-likeness (QED) is 0.697. The van der Waals surface area contributed by atoms with Crippen LogP contribution in [0.4, 0.5) is 11.4 Å². The predicted octanol–water partition coefficient (Wildman–Crippen LogP) is 4.61. The Morgan fingerprint density at radius 2 is 1.54 bits per heavy atom. The molecule has 4 nitrogen and oxygen atoms in total. The van der Waals surface area contributed by atoms with Crippen LogP contribution in [0, 0.1) is 6.92 Å². The topological polar surface area (TPSA) is 34.1 Å². The summed E-state index contributed by atoms with van der Waals surface area (Å²) in [6.07, 6.45) is 1.86. The normalized spacial score (nSPS) is 10.9. The minimum atomic E-state index is 0.710. The predicted molar refractivity (Wildman–Crippen MR) is 102 cm³/mol. The third kappa shape index (κ3) is 4.07. The summed E-state index contributed by atoms with van der Waals surface area (Å²) in [4.78, 5) is 6.89. The monoisotopic (exact) mass is 326 g/mol. The average Bonchev–Trinajstić information content (AvgIpc) is 2.62. The third-order valence-corrected chi connectivity index (χ3v) is 4.10.